The molecule has 0 aromatic carbocycles. The van der Waals surface area contributed by atoms with Gasteiger partial charge in [0.2, 0.25) is 0 Å². The summed E-state index contributed by atoms with van der Waals surface area (Å²) in [6, 6.07) is 0. The van der Waals surface area contributed by atoms with E-state index in [1.165, 1.54) is 42.3 Å². The van der Waals surface area contributed by atoms with Gasteiger partial charge in [0.15, 0.2) is 0 Å². The van der Waals surface area contributed by atoms with Gasteiger partial charge in [-0.05, 0) is 73.5 Å². The van der Waals surface area contributed by atoms with E-state index in [0.29, 0.717) is 17.6 Å². The SMILES string of the molecule is C/C=C(\C=C/CC)OC(=O)CCC(C)(C)CCSCCSCCC(C)(C)CCC. The summed E-state index contributed by atoms with van der Waals surface area (Å²) < 4.78 is 5.44. The van der Waals surface area contributed by atoms with Gasteiger partial charge < -0.3 is 4.74 Å². The number of hydrogen-bond acceptors (Lipinski definition) is 4. The molecule has 0 aliphatic heterocycles. The maximum absolute atomic E-state index is 12.1. The van der Waals surface area contributed by atoms with E-state index < -0.39 is 0 Å². The largest absolute Gasteiger partial charge is 0.427 e. The van der Waals surface area contributed by atoms with Crippen LogP contribution < -0.4 is 0 Å². The summed E-state index contributed by atoms with van der Waals surface area (Å²) in [6.45, 7) is 15.6. The summed E-state index contributed by atoms with van der Waals surface area (Å²) in [5.41, 5.74) is 0.679. The molecule has 0 amide bonds. The minimum Gasteiger partial charge on any atom is -0.427 e. The maximum atomic E-state index is 12.1. The molecule has 0 radical (unpaired) electrons. The zero-order valence-corrected chi connectivity index (χ0v) is 21.8. The van der Waals surface area contributed by atoms with Crippen molar-refractivity contribution in [1.29, 1.82) is 0 Å². The van der Waals surface area contributed by atoms with Crippen molar-refractivity contribution in [3.63, 3.8) is 0 Å². The predicted molar refractivity (Wildman–Crippen MR) is 135 cm³/mol. The summed E-state index contributed by atoms with van der Waals surface area (Å²) >= 11 is 4.15. The fourth-order valence-electron chi connectivity index (χ4n) is 2.99. The molecule has 0 atom stereocenters. The molecular weight excluding hydrogens is 396 g/mol. The van der Waals surface area contributed by atoms with Crippen LogP contribution in [0.25, 0.3) is 0 Å². The van der Waals surface area contributed by atoms with Crippen LogP contribution >= 0.6 is 23.5 Å². The zero-order chi connectivity index (χ0) is 22.2. The molecule has 0 N–H and O–H groups in total. The Kier molecular flexibility index (Phi) is 16.2. The quantitative estimate of drug-likeness (QED) is 0.0979. The number of ether oxygens (including phenoxy) is 1. The van der Waals surface area contributed by atoms with Crippen molar-refractivity contribution in [2.24, 2.45) is 10.8 Å². The Balaban J connectivity index is 3.88. The van der Waals surface area contributed by atoms with E-state index >= 15 is 0 Å². The first-order valence-corrected chi connectivity index (χ1v) is 13.7. The first-order chi connectivity index (χ1) is 13.7. The van der Waals surface area contributed by atoms with Gasteiger partial charge in [-0.15, -0.1) is 0 Å². The monoisotopic (exact) mass is 442 g/mol. The van der Waals surface area contributed by atoms with Crippen molar-refractivity contribution >= 4 is 29.5 Å². The van der Waals surface area contributed by atoms with Crippen LogP contribution in [0.3, 0.4) is 0 Å². The van der Waals surface area contributed by atoms with E-state index in [1.54, 1.807) is 0 Å². The molecule has 0 rings (SSSR count). The molecule has 170 valence electrons. The minimum atomic E-state index is -0.123. The van der Waals surface area contributed by atoms with Gasteiger partial charge in [-0.25, -0.2) is 0 Å². The molecule has 0 heterocycles. The Bertz CT molecular complexity index is 493. The van der Waals surface area contributed by atoms with Gasteiger partial charge in [0.1, 0.15) is 5.76 Å². The van der Waals surface area contributed by atoms with Crippen LogP contribution in [0.2, 0.25) is 0 Å². The summed E-state index contributed by atoms with van der Waals surface area (Å²) in [5.74, 6) is 5.46. The Morgan fingerprint density at radius 1 is 0.862 bits per heavy atom. The van der Waals surface area contributed by atoms with Gasteiger partial charge in [0.05, 0.1) is 0 Å². The van der Waals surface area contributed by atoms with Crippen LogP contribution in [0.1, 0.15) is 93.4 Å². The standard InChI is InChI=1S/C25H46O2S2/c1-8-11-12-22(10-3)27-23(26)13-15-25(6,7)17-19-29-21-20-28-18-16-24(4,5)14-9-2/h10-12H,8-9,13-21H2,1-7H3/b12-11-,22-10+. The average molecular weight is 443 g/mol. The van der Waals surface area contributed by atoms with Crippen LogP contribution in [-0.2, 0) is 9.53 Å². The number of thioether (sulfide) groups is 2. The Morgan fingerprint density at radius 2 is 1.41 bits per heavy atom. The molecule has 0 aromatic heterocycles. The van der Waals surface area contributed by atoms with Crippen LogP contribution in [0.15, 0.2) is 24.0 Å². The van der Waals surface area contributed by atoms with E-state index in [-0.39, 0.29) is 11.4 Å². The fraction of sp³-hybridized carbons (Fsp3) is 0.800. The second kappa shape index (κ2) is 16.4. The molecule has 0 unspecified atom stereocenters. The molecule has 0 aliphatic rings. The second-order valence-electron chi connectivity index (χ2n) is 9.28. The molecule has 0 fully saturated rings. The van der Waals surface area contributed by atoms with Crippen LogP contribution in [0.5, 0.6) is 0 Å². The first kappa shape index (κ1) is 28.6. The number of carbonyl (C=O) groups excluding carboxylic acids is 1. The number of carbonyl (C=O) groups is 1. The lowest BCUT2D eigenvalue weighted by atomic mass is 9.85. The van der Waals surface area contributed by atoms with Gasteiger partial charge in [-0.2, -0.15) is 23.5 Å². The number of esters is 1. The third-order valence-corrected chi connectivity index (χ3v) is 7.41. The Morgan fingerprint density at radius 3 is 1.90 bits per heavy atom. The van der Waals surface area contributed by atoms with E-state index in [4.69, 9.17) is 4.74 Å². The molecule has 0 aromatic rings. The van der Waals surface area contributed by atoms with Crippen molar-refractivity contribution < 1.29 is 9.53 Å². The van der Waals surface area contributed by atoms with Gasteiger partial charge in [0.25, 0.3) is 0 Å². The molecule has 2 nitrogen and oxygen atoms in total. The molecule has 4 heteroatoms. The van der Waals surface area contributed by atoms with Crippen molar-refractivity contribution in [2.75, 3.05) is 23.0 Å². The van der Waals surface area contributed by atoms with E-state index in [9.17, 15) is 4.79 Å². The summed E-state index contributed by atoms with van der Waals surface area (Å²) in [4.78, 5) is 12.1. The Hall–Kier alpha value is -0.350. The van der Waals surface area contributed by atoms with Gasteiger partial charge in [0, 0.05) is 17.9 Å². The highest BCUT2D eigenvalue weighted by Gasteiger charge is 2.20. The van der Waals surface area contributed by atoms with Gasteiger partial charge in [-0.3, -0.25) is 4.79 Å². The number of allylic oxidation sites excluding steroid dienone is 3. The predicted octanol–water partition coefficient (Wildman–Crippen LogP) is 8.28. The highest BCUT2D eigenvalue weighted by Crippen LogP contribution is 2.30. The highest BCUT2D eigenvalue weighted by molar-refractivity contribution is 8.02. The zero-order valence-electron chi connectivity index (χ0n) is 20.1. The number of hydrogen-bond donors (Lipinski definition) is 0. The summed E-state index contributed by atoms with van der Waals surface area (Å²) in [5, 5.41) is 0. The molecule has 0 spiro atoms. The van der Waals surface area contributed by atoms with Crippen molar-refractivity contribution in [2.45, 2.75) is 93.4 Å². The molecule has 29 heavy (non-hydrogen) atoms. The summed E-state index contributed by atoms with van der Waals surface area (Å²) in [6.07, 6.45) is 13.1. The lowest BCUT2D eigenvalue weighted by Crippen LogP contribution is -2.16. The first-order valence-electron chi connectivity index (χ1n) is 11.3. The minimum absolute atomic E-state index is 0.123. The number of rotatable bonds is 17. The molecule has 0 saturated carbocycles. The molecule has 0 aliphatic carbocycles. The topological polar surface area (TPSA) is 26.3 Å². The smallest absolute Gasteiger partial charge is 0.311 e. The molecule has 0 saturated heterocycles. The van der Waals surface area contributed by atoms with Gasteiger partial charge >= 0.3 is 5.97 Å². The van der Waals surface area contributed by atoms with Gasteiger partial charge in [-0.1, -0.05) is 54.0 Å². The van der Waals surface area contributed by atoms with Crippen molar-refractivity contribution in [1.82, 2.24) is 0 Å². The average Bonchev–Trinajstić information content (AvgIpc) is 2.65. The lowest BCUT2D eigenvalue weighted by Gasteiger charge is -2.24. The highest BCUT2D eigenvalue weighted by atomic mass is 32.2. The maximum Gasteiger partial charge on any atom is 0.311 e. The molecule has 0 bridgehead atoms. The lowest BCUT2D eigenvalue weighted by molar-refractivity contribution is -0.139. The third-order valence-electron chi connectivity index (χ3n) is 5.19. The fourth-order valence-corrected chi connectivity index (χ4v) is 5.74. The van der Waals surface area contributed by atoms with E-state index in [2.05, 4.69) is 65.1 Å². The van der Waals surface area contributed by atoms with Crippen molar-refractivity contribution in [3.8, 4) is 0 Å². The van der Waals surface area contributed by atoms with Crippen LogP contribution in [0.4, 0.5) is 0 Å². The van der Waals surface area contributed by atoms with Crippen LogP contribution in [0, 0.1) is 10.8 Å². The normalized spacial score (nSPS) is 13.3. The van der Waals surface area contributed by atoms with Crippen LogP contribution in [-0.4, -0.2) is 29.0 Å². The van der Waals surface area contributed by atoms with E-state index in [0.717, 1.165) is 19.3 Å². The summed E-state index contributed by atoms with van der Waals surface area (Å²) in [7, 11) is 0. The van der Waals surface area contributed by atoms with Crippen molar-refractivity contribution in [3.05, 3.63) is 24.0 Å². The second-order valence-corrected chi connectivity index (χ2v) is 11.7. The Labute approximate surface area is 190 Å². The van der Waals surface area contributed by atoms with E-state index in [1.807, 2.05) is 25.2 Å². The molecular formula is C25H46O2S2. The third kappa shape index (κ3) is 17.1.